The summed E-state index contributed by atoms with van der Waals surface area (Å²) in [7, 11) is 0. The summed E-state index contributed by atoms with van der Waals surface area (Å²) in [5.74, 6) is 0. The van der Waals surface area contributed by atoms with Gasteiger partial charge in [0, 0.05) is 18.6 Å². The smallest absolute Gasteiger partial charge is 0.0664 e. The fourth-order valence-electron chi connectivity index (χ4n) is 2.08. The molecule has 3 atom stereocenters. The lowest BCUT2D eigenvalue weighted by atomic mass is 10.1. The summed E-state index contributed by atoms with van der Waals surface area (Å²) < 4.78 is 0. The Labute approximate surface area is 87.5 Å². The van der Waals surface area contributed by atoms with Gasteiger partial charge in [-0.25, -0.2) is 0 Å². The van der Waals surface area contributed by atoms with E-state index in [0.717, 1.165) is 19.6 Å². The van der Waals surface area contributed by atoms with Crippen LogP contribution in [0.1, 0.15) is 33.6 Å². The third kappa shape index (κ3) is 3.23. The van der Waals surface area contributed by atoms with Crippen molar-refractivity contribution in [1.29, 1.82) is 0 Å². The van der Waals surface area contributed by atoms with E-state index in [2.05, 4.69) is 24.1 Å². The minimum atomic E-state index is -0.239. The Kier molecular flexibility index (Phi) is 4.85. The van der Waals surface area contributed by atoms with Crippen LogP contribution in [-0.2, 0) is 0 Å². The molecular weight excluding hydrogens is 176 g/mol. The van der Waals surface area contributed by atoms with Crippen LogP contribution in [0.25, 0.3) is 0 Å². The van der Waals surface area contributed by atoms with Crippen LogP contribution in [0.2, 0.25) is 0 Å². The van der Waals surface area contributed by atoms with Gasteiger partial charge in [-0.2, -0.15) is 0 Å². The van der Waals surface area contributed by atoms with Crippen molar-refractivity contribution in [1.82, 2.24) is 10.2 Å². The molecule has 84 valence electrons. The molecule has 0 aliphatic carbocycles. The van der Waals surface area contributed by atoms with Gasteiger partial charge in [-0.15, -0.1) is 0 Å². The van der Waals surface area contributed by atoms with Gasteiger partial charge in [-0.05, 0) is 39.8 Å². The lowest BCUT2D eigenvalue weighted by Crippen LogP contribution is -2.46. The lowest BCUT2D eigenvalue weighted by molar-refractivity contribution is 0.0691. The van der Waals surface area contributed by atoms with Gasteiger partial charge in [0.15, 0.2) is 0 Å². The average molecular weight is 200 g/mol. The molecule has 1 aliphatic heterocycles. The zero-order valence-corrected chi connectivity index (χ0v) is 9.66. The lowest BCUT2D eigenvalue weighted by Gasteiger charge is -2.32. The van der Waals surface area contributed by atoms with Crippen molar-refractivity contribution in [3.63, 3.8) is 0 Å². The second-order valence-electron chi connectivity index (χ2n) is 4.36. The third-order valence-corrected chi connectivity index (χ3v) is 3.30. The van der Waals surface area contributed by atoms with Crippen molar-refractivity contribution in [3.8, 4) is 0 Å². The molecule has 3 unspecified atom stereocenters. The van der Waals surface area contributed by atoms with Gasteiger partial charge >= 0.3 is 0 Å². The normalized spacial score (nSPS) is 26.8. The summed E-state index contributed by atoms with van der Waals surface area (Å²) in [5.41, 5.74) is 0. The minimum Gasteiger partial charge on any atom is -0.392 e. The molecule has 1 heterocycles. The standard InChI is InChI=1S/C11H24N2O/c1-4-13(9(2)10(3)14)8-11-6-5-7-12-11/h9-12,14H,4-8H2,1-3H3. The fourth-order valence-corrected chi connectivity index (χ4v) is 2.08. The highest BCUT2D eigenvalue weighted by Crippen LogP contribution is 2.10. The van der Waals surface area contributed by atoms with Crippen LogP contribution in [-0.4, -0.2) is 47.8 Å². The molecular formula is C11H24N2O. The molecule has 1 rings (SSSR count). The molecule has 1 saturated heterocycles. The van der Waals surface area contributed by atoms with Gasteiger partial charge in [0.05, 0.1) is 6.10 Å². The number of likely N-dealkylation sites (N-methyl/N-ethyl adjacent to an activating group) is 1. The number of aliphatic hydroxyl groups excluding tert-OH is 1. The second kappa shape index (κ2) is 5.69. The van der Waals surface area contributed by atoms with Crippen LogP contribution >= 0.6 is 0 Å². The highest BCUT2D eigenvalue weighted by atomic mass is 16.3. The highest BCUT2D eigenvalue weighted by molar-refractivity contribution is 4.81. The van der Waals surface area contributed by atoms with Crippen LogP contribution in [0.4, 0.5) is 0 Å². The van der Waals surface area contributed by atoms with Crippen molar-refractivity contribution < 1.29 is 5.11 Å². The van der Waals surface area contributed by atoms with Gasteiger partial charge in [0.1, 0.15) is 0 Å². The van der Waals surface area contributed by atoms with E-state index in [1.54, 1.807) is 0 Å². The third-order valence-electron chi connectivity index (χ3n) is 3.30. The SMILES string of the molecule is CCN(CC1CCCN1)C(C)C(C)O. The molecule has 0 radical (unpaired) electrons. The Morgan fingerprint density at radius 1 is 1.50 bits per heavy atom. The first-order valence-corrected chi connectivity index (χ1v) is 5.80. The summed E-state index contributed by atoms with van der Waals surface area (Å²) in [6, 6.07) is 0.901. The van der Waals surface area contributed by atoms with Crippen LogP contribution in [0.3, 0.4) is 0 Å². The van der Waals surface area contributed by atoms with Gasteiger partial charge in [0.25, 0.3) is 0 Å². The molecule has 14 heavy (non-hydrogen) atoms. The van der Waals surface area contributed by atoms with Gasteiger partial charge in [-0.3, -0.25) is 4.90 Å². The fraction of sp³-hybridized carbons (Fsp3) is 1.00. The topological polar surface area (TPSA) is 35.5 Å². The van der Waals surface area contributed by atoms with Crippen LogP contribution in [0.5, 0.6) is 0 Å². The van der Waals surface area contributed by atoms with E-state index in [1.165, 1.54) is 12.8 Å². The van der Waals surface area contributed by atoms with E-state index >= 15 is 0 Å². The van der Waals surface area contributed by atoms with E-state index in [4.69, 9.17) is 0 Å². The van der Waals surface area contributed by atoms with Gasteiger partial charge in [0.2, 0.25) is 0 Å². The first kappa shape index (κ1) is 12.0. The molecule has 1 fully saturated rings. The van der Waals surface area contributed by atoms with Crippen molar-refractivity contribution in [2.24, 2.45) is 0 Å². The van der Waals surface area contributed by atoms with Crippen molar-refractivity contribution >= 4 is 0 Å². The molecule has 3 heteroatoms. The Morgan fingerprint density at radius 3 is 2.64 bits per heavy atom. The van der Waals surface area contributed by atoms with Gasteiger partial charge in [-0.1, -0.05) is 6.92 Å². The number of hydrogen-bond donors (Lipinski definition) is 2. The molecule has 0 bridgehead atoms. The van der Waals surface area contributed by atoms with Crippen LogP contribution < -0.4 is 5.32 Å². The molecule has 0 aromatic carbocycles. The van der Waals surface area contributed by atoms with Crippen LogP contribution in [0.15, 0.2) is 0 Å². The molecule has 0 amide bonds. The molecule has 2 N–H and O–H groups in total. The molecule has 0 aromatic rings. The van der Waals surface area contributed by atoms with Crippen molar-refractivity contribution in [2.75, 3.05) is 19.6 Å². The first-order valence-electron chi connectivity index (χ1n) is 5.80. The van der Waals surface area contributed by atoms with Gasteiger partial charge < -0.3 is 10.4 Å². The Morgan fingerprint density at radius 2 is 2.21 bits per heavy atom. The van der Waals surface area contributed by atoms with E-state index in [9.17, 15) is 5.11 Å². The average Bonchev–Trinajstić information content (AvgIpc) is 2.65. The number of aliphatic hydroxyl groups is 1. The summed E-state index contributed by atoms with van der Waals surface area (Å²) in [6.07, 6.45) is 2.34. The molecule has 0 spiro atoms. The summed E-state index contributed by atoms with van der Waals surface area (Å²) in [4.78, 5) is 2.35. The highest BCUT2D eigenvalue weighted by Gasteiger charge is 2.22. The largest absolute Gasteiger partial charge is 0.392 e. The molecule has 0 aromatic heterocycles. The number of rotatable bonds is 5. The van der Waals surface area contributed by atoms with E-state index in [-0.39, 0.29) is 12.1 Å². The maximum atomic E-state index is 9.53. The monoisotopic (exact) mass is 200 g/mol. The Bertz CT molecular complexity index is 155. The van der Waals surface area contributed by atoms with E-state index in [0.29, 0.717) is 6.04 Å². The first-order chi connectivity index (χ1) is 6.65. The zero-order chi connectivity index (χ0) is 10.6. The summed E-state index contributed by atoms with van der Waals surface area (Å²) in [5, 5.41) is 13.0. The van der Waals surface area contributed by atoms with Crippen LogP contribution in [0, 0.1) is 0 Å². The maximum Gasteiger partial charge on any atom is 0.0664 e. The quantitative estimate of drug-likeness (QED) is 0.690. The molecule has 1 aliphatic rings. The predicted octanol–water partition coefficient (Wildman–Crippen LogP) is 0.830. The maximum absolute atomic E-state index is 9.53. The van der Waals surface area contributed by atoms with Crippen molar-refractivity contribution in [3.05, 3.63) is 0 Å². The number of nitrogens with zero attached hydrogens (tertiary/aromatic N) is 1. The zero-order valence-electron chi connectivity index (χ0n) is 9.66. The Hall–Kier alpha value is -0.120. The predicted molar refractivity (Wildman–Crippen MR) is 59.4 cm³/mol. The minimum absolute atomic E-state index is 0.239. The summed E-state index contributed by atoms with van der Waals surface area (Å²) >= 11 is 0. The summed E-state index contributed by atoms with van der Waals surface area (Å²) in [6.45, 7) is 9.38. The van der Waals surface area contributed by atoms with E-state index in [1.807, 2.05) is 6.92 Å². The van der Waals surface area contributed by atoms with E-state index < -0.39 is 0 Å². The molecule has 0 saturated carbocycles. The second-order valence-corrected chi connectivity index (χ2v) is 4.36. The molecule has 3 nitrogen and oxygen atoms in total. The number of hydrogen-bond acceptors (Lipinski definition) is 3. The Balaban J connectivity index is 2.36. The van der Waals surface area contributed by atoms with Crippen molar-refractivity contribution in [2.45, 2.75) is 51.8 Å². The number of nitrogens with one attached hydrogen (secondary N) is 1.